The number of benzene rings is 2. The molecular formula is C31H35N3O7S. The number of rotatable bonds is 9. The first-order chi connectivity index (χ1) is 19.8. The van der Waals surface area contributed by atoms with Crippen LogP contribution < -0.4 is 5.32 Å². The molecule has 42 heavy (non-hydrogen) atoms. The molecule has 3 aliphatic rings. The highest BCUT2D eigenvalue weighted by Gasteiger charge is 2.60. The number of hydrogen-bond acceptors (Lipinski definition) is 7. The van der Waals surface area contributed by atoms with Gasteiger partial charge in [-0.2, -0.15) is 0 Å². The number of hydrogen-bond donors (Lipinski definition) is 4. The number of aromatic carboxylic acids is 1. The number of aliphatic carboxylic acids is 1. The fourth-order valence-electron chi connectivity index (χ4n) is 6.60. The maximum Gasteiger partial charge on any atom is 0.353 e. The second-order valence-corrected chi connectivity index (χ2v) is 12.9. The predicted octanol–water partition coefficient (Wildman–Crippen LogP) is 3.47. The molecule has 2 saturated heterocycles. The molecule has 222 valence electrons. The van der Waals surface area contributed by atoms with Crippen LogP contribution in [0.3, 0.4) is 0 Å². The van der Waals surface area contributed by atoms with Crippen molar-refractivity contribution in [3.63, 3.8) is 0 Å². The summed E-state index contributed by atoms with van der Waals surface area (Å²) in [5.41, 5.74) is 3.70. The molecule has 10 nitrogen and oxygen atoms in total. The van der Waals surface area contributed by atoms with Crippen LogP contribution >= 0.6 is 11.8 Å². The van der Waals surface area contributed by atoms with Gasteiger partial charge in [-0.1, -0.05) is 42.3 Å². The van der Waals surface area contributed by atoms with E-state index in [-0.39, 0.29) is 34.2 Å². The van der Waals surface area contributed by atoms with Crippen molar-refractivity contribution in [3.8, 4) is 0 Å². The molecule has 3 aliphatic heterocycles. The summed E-state index contributed by atoms with van der Waals surface area (Å²) >= 11 is 1.40. The van der Waals surface area contributed by atoms with Gasteiger partial charge in [-0.25, -0.2) is 9.59 Å². The van der Waals surface area contributed by atoms with Crippen molar-refractivity contribution in [2.75, 3.05) is 11.9 Å². The molecule has 2 aromatic rings. The van der Waals surface area contributed by atoms with E-state index in [1.54, 1.807) is 19.1 Å². The molecule has 1 unspecified atom stereocenters. The Labute approximate surface area is 248 Å². The van der Waals surface area contributed by atoms with Crippen molar-refractivity contribution in [1.29, 1.82) is 0 Å². The molecular weight excluding hydrogens is 558 g/mol. The van der Waals surface area contributed by atoms with Crippen molar-refractivity contribution < 1.29 is 34.5 Å². The third-order valence-electron chi connectivity index (χ3n) is 8.32. The van der Waals surface area contributed by atoms with E-state index in [4.69, 9.17) is 0 Å². The molecule has 5 rings (SSSR count). The SMILES string of the molecule is Cc1cc(C)cc(CN2C[C@@H](SC3=C(C(=O)O)N4C(=O)[C@H]([C@@H](C)O)C4[C@H]3C)C[C@H]2C(=O)Nc2cccc(C(=O)O)c2)c1. The molecule has 6 atom stereocenters. The van der Waals surface area contributed by atoms with Gasteiger partial charge in [0.05, 0.1) is 29.7 Å². The van der Waals surface area contributed by atoms with Gasteiger partial charge in [0.2, 0.25) is 11.8 Å². The standard InChI is InChI=1S/C31H35N3O7S/c1-15-8-16(2)10-19(9-15)13-33-14-22(12-23(33)28(36)32-21-7-5-6-20(11-21)30(38)39)42-27-17(3)25-24(18(4)35)29(37)34(25)26(27)31(40)41/h5-11,17-18,22-25,35H,12-14H2,1-4H3,(H,32,36)(H,38,39)(H,40,41)/t17-,18-,22+,23+,24-,25?/m1/s1. The highest BCUT2D eigenvalue weighted by molar-refractivity contribution is 8.03. The number of carbonyl (C=O) groups excluding carboxylic acids is 2. The number of carbonyl (C=O) groups is 4. The lowest BCUT2D eigenvalue weighted by molar-refractivity contribution is -0.163. The van der Waals surface area contributed by atoms with E-state index in [1.807, 2.05) is 20.8 Å². The Balaban J connectivity index is 1.41. The number of aliphatic hydroxyl groups is 1. The average Bonchev–Trinajstić information content (AvgIpc) is 3.40. The molecule has 0 aromatic heterocycles. The maximum absolute atomic E-state index is 13.6. The van der Waals surface area contributed by atoms with Gasteiger partial charge in [0.1, 0.15) is 5.70 Å². The quantitative estimate of drug-likeness (QED) is 0.321. The molecule has 0 saturated carbocycles. The molecule has 4 N–H and O–H groups in total. The summed E-state index contributed by atoms with van der Waals surface area (Å²) in [6.07, 6.45) is -0.449. The molecule has 2 aromatic carbocycles. The summed E-state index contributed by atoms with van der Waals surface area (Å²) in [6, 6.07) is 11.4. The van der Waals surface area contributed by atoms with E-state index >= 15 is 0 Å². The zero-order valence-electron chi connectivity index (χ0n) is 23.9. The van der Waals surface area contributed by atoms with Gasteiger partial charge in [-0.05, 0) is 51.0 Å². The van der Waals surface area contributed by atoms with Crippen molar-refractivity contribution in [3.05, 3.63) is 75.3 Å². The third kappa shape index (κ3) is 5.56. The van der Waals surface area contributed by atoms with E-state index in [0.29, 0.717) is 30.1 Å². The molecule has 2 fully saturated rings. The van der Waals surface area contributed by atoms with Crippen molar-refractivity contribution >= 4 is 41.2 Å². The molecule has 0 spiro atoms. The highest BCUT2D eigenvalue weighted by Crippen LogP contribution is 2.52. The number of aliphatic hydroxyl groups excluding tert-OH is 1. The molecule has 2 amide bonds. The lowest BCUT2D eigenvalue weighted by Crippen LogP contribution is -2.63. The zero-order chi connectivity index (χ0) is 30.5. The van der Waals surface area contributed by atoms with Gasteiger partial charge in [0.15, 0.2) is 0 Å². The van der Waals surface area contributed by atoms with Crippen LogP contribution in [0.1, 0.15) is 47.3 Å². The summed E-state index contributed by atoms with van der Waals surface area (Å²) in [6.45, 7) is 8.49. The number of likely N-dealkylation sites (tertiary alicyclic amines) is 1. The monoisotopic (exact) mass is 593 g/mol. The number of β-lactam (4-membered cyclic amide) rings is 1. The van der Waals surface area contributed by atoms with Crippen LogP contribution in [-0.4, -0.2) is 78.9 Å². The Morgan fingerprint density at radius 3 is 2.38 bits per heavy atom. The zero-order valence-corrected chi connectivity index (χ0v) is 24.7. The lowest BCUT2D eigenvalue weighted by Gasteiger charge is -2.46. The molecule has 0 bridgehead atoms. The summed E-state index contributed by atoms with van der Waals surface area (Å²) in [5.74, 6) is -3.82. The minimum Gasteiger partial charge on any atom is -0.478 e. The molecule has 0 radical (unpaired) electrons. The first-order valence-corrected chi connectivity index (χ1v) is 14.8. The van der Waals surface area contributed by atoms with Crippen LogP contribution in [0.2, 0.25) is 0 Å². The van der Waals surface area contributed by atoms with E-state index in [1.165, 1.54) is 28.8 Å². The second-order valence-electron chi connectivity index (χ2n) is 11.6. The first kappa shape index (κ1) is 29.8. The third-order valence-corrected chi connectivity index (χ3v) is 9.81. The highest BCUT2D eigenvalue weighted by atomic mass is 32.2. The largest absolute Gasteiger partial charge is 0.478 e. The Morgan fingerprint density at radius 1 is 1.07 bits per heavy atom. The Hall–Kier alpha value is -3.67. The number of aryl methyl sites for hydroxylation is 2. The van der Waals surface area contributed by atoms with Crippen LogP contribution in [0, 0.1) is 25.7 Å². The number of carboxylic acid groups (broad SMARTS) is 2. The summed E-state index contributed by atoms with van der Waals surface area (Å²) in [5, 5.41) is 32.3. The van der Waals surface area contributed by atoms with E-state index in [2.05, 4.69) is 28.4 Å². The fourth-order valence-corrected chi connectivity index (χ4v) is 8.16. The number of nitrogens with one attached hydrogen (secondary N) is 1. The first-order valence-electron chi connectivity index (χ1n) is 14.0. The maximum atomic E-state index is 13.6. The minimum absolute atomic E-state index is 0.0290. The Morgan fingerprint density at radius 2 is 1.76 bits per heavy atom. The van der Waals surface area contributed by atoms with Crippen molar-refractivity contribution in [2.24, 2.45) is 11.8 Å². The Bertz CT molecular complexity index is 1470. The molecule has 11 heteroatoms. The van der Waals surface area contributed by atoms with Crippen LogP contribution in [0.5, 0.6) is 0 Å². The summed E-state index contributed by atoms with van der Waals surface area (Å²) in [4.78, 5) is 54.1. The number of nitrogens with zero attached hydrogens (tertiary/aromatic N) is 2. The minimum atomic E-state index is -1.18. The predicted molar refractivity (Wildman–Crippen MR) is 158 cm³/mol. The van der Waals surface area contributed by atoms with Gasteiger partial charge < -0.3 is 25.5 Å². The molecule has 3 heterocycles. The van der Waals surface area contributed by atoms with Gasteiger partial charge >= 0.3 is 11.9 Å². The number of thioether (sulfide) groups is 1. The van der Waals surface area contributed by atoms with Crippen molar-refractivity contribution in [1.82, 2.24) is 9.80 Å². The van der Waals surface area contributed by atoms with Gasteiger partial charge in [0.25, 0.3) is 0 Å². The van der Waals surface area contributed by atoms with Crippen LogP contribution in [0.4, 0.5) is 5.69 Å². The Kier molecular flexibility index (Phi) is 8.19. The number of amides is 2. The van der Waals surface area contributed by atoms with E-state index in [9.17, 15) is 34.5 Å². The summed E-state index contributed by atoms with van der Waals surface area (Å²) in [7, 11) is 0. The van der Waals surface area contributed by atoms with Crippen LogP contribution in [-0.2, 0) is 20.9 Å². The fraction of sp³-hybridized carbons (Fsp3) is 0.419. The lowest BCUT2D eigenvalue weighted by atomic mass is 9.79. The van der Waals surface area contributed by atoms with Crippen LogP contribution in [0.15, 0.2) is 53.1 Å². The second kappa shape index (κ2) is 11.5. The van der Waals surface area contributed by atoms with Gasteiger partial charge in [-0.15, -0.1) is 11.8 Å². The smallest absolute Gasteiger partial charge is 0.353 e. The number of anilines is 1. The average molecular weight is 594 g/mol. The molecule has 0 aliphatic carbocycles. The number of fused-ring (bicyclic) bond motifs is 1. The van der Waals surface area contributed by atoms with E-state index in [0.717, 1.165) is 16.7 Å². The summed E-state index contributed by atoms with van der Waals surface area (Å²) < 4.78 is 0. The van der Waals surface area contributed by atoms with E-state index < -0.39 is 36.0 Å². The van der Waals surface area contributed by atoms with Gasteiger partial charge in [0, 0.05) is 34.8 Å². The van der Waals surface area contributed by atoms with Crippen molar-refractivity contribution in [2.45, 2.75) is 64.1 Å². The van der Waals surface area contributed by atoms with Crippen LogP contribution in [0.25, 0.3) is 0 Å². The normalized spacial score (nSPS) is 26.2. The van der Waals surface area contributed by atoms with Gasteiger partial charge in [-0.3, -0.25) is 14.5 Å². The number of carboxylic acids is 2. The topological polar surface area (TPSA) is 147 Å².